The molecule has 0 unspecified atom stereocenters. The summed E-state index contributed by atoms with van der Waals surface area (Å²) in [6, 6.07) is 0. The third kappa shape index (κ3) is 15.9. The molecule has 0 radical (unpaired) electrons. The Hall–Kier alpha value is -1.56. The molecule has 0 aliphatic rings. The van der Waals surface area contributed by atoms with Crippen molar-refractivity contribution in [2.45, 2.75) is 80.1 Å². The summed E-state index contributed by atoms with van der Waals surface area (Å²) in [6.45, 7) is 13.5. The van der Waals surface area contributed by atoms with Crippen molar-refractivity contribution in [1.82, 2.24) is 0 Å². The van der Waals surface area contributed by atoms with Gasteiger partial charge in [0.05, 0.1) is 0 Å². The van der Waals surface area contributed by atoms with Crippen molar-refractivity contribution >= 4 is 0 Å². The lowest BCUT2D eigenvalue weighted by molar-refractivity contribution is 0.488. The van der Waals surface area contributed by atoms with Crippen LogP contribution in [0.3, 0.4) is 0 Å². The molecular weight excluding hydrogens is 312 g/mol. The first-order valence-corrected chi connectivity index (χ1v) is 10.3. The molecule has 0 heterocycles. The second-order valence-electron chi connectivity index (χ2n) is 8.34. The topological polar surface area (TPSA) is 0 Å². The van der Waals surface area contributed by atoms with Crippen molar-refractivity contribution in [1.29, 1.82) is 0 Å². The highest BCUT2D eigenvalue weighted by molar-refractivity contribution is 5.15. The van der Waals surface area contributed by atoms with Crippen molar-refractivity contribution in [2.75, 3.05) is 0 Å². The molecule has 0 rings (SSSR count). The molecule has 146 valence electrons. The van der Waals surface area contributed by atoms with Crippen molar-refractivity contribution in [3.05, 3.63) is 72.9 Å². The van der Waals surface area contributed by atoms with Gasteiger partial charge in [0.15, 0.2) is 0 Å². The van der Waals surface area contributed by atoms with Crippen molar-refractivity contribution in [3.8, 4) is 0 Å². The van der Waals surface area contributed by atoms with E-state index < -0.39 is 0 Å². The summed E-state index contributed by atoms with van der Waals surface area (Å²) in [6.07, 6.45) is 33.6. The van der Waals surface area contributed by atoms with Crippen molar-refractivity contribution in [3.63, 3.8) is 0 Å². The first-order chi connectivity index (χ1) is 12.3. The van der Waals surface area contributed by atoms with E-state index in [1.54, 1.807) is 0 Å². The molecule has 0 saturated carbocycles. The van der Waals surface area contributed by atoms with Gasteiger partial charge in [-0.3, -0.25) is 0 Å². The predicted molar refractivity (Wildman–Crippen MR) is 121 cm³/mol. The summed E-state index contributed by atoms with van der Waals surface area (Å²) >= 11 is 0. The smallest absolute Gasteiger partial charge is 0.0137 e. The largest absolute Gasteiger partial charge is 0.0888 e. The average molecular weight is 355 g/mol. The van der Waals surface area contributed by atoms with Gasteiger partial charge in [-0.1, -0.05) is 121 Å². The maximum absolute atomic E-state index is 2.30. The number of rotatable bonds is 13. The van der Waals surface area contributed by atoms with E-state index in [4.69, 9.17) is 0 Å². The van der Waals surface area contributed by atoms with E-state index in [0.717, 1.165) is 25.7 Å². The fourth-order valence-corrected chi connectivity index (χ4v) is 2.39. The lowest BCUT2D eigenvalue weighted by atomic mass is 9.88. The molecule has 0 aliphatic heterocycles. The fourth-order valence-electron chi connectivity index (χ4n) is 2.39. The molecule has 0 amide bonds. The highest BCUT2D eigenvalue weighted by Crippen LogP contribution is 2.24. The first-order valence-electron chi connectivity index (χ1n) is 10.3. The number of allylic oxidation sites excluding steroid dienone is 12. The van der Waals surface area contributed by atoms with Gasteiger partial charge in [-0.05, 0) is 42.9 Å². The first kappa shape index (κ1) is 24.4. The van der Waals surface area contributed by atoms with E-state index >= 15 is 0 Å². The quantitative estimate of drug-likeness (QED) is 0.229. The molecule has 0 aliphatic carbocycles. The number of unbranched alkanes of at least 4 members (excludes halogenated alkanes) is 1. The zero-order chi connectivity index (χ0) is 19.7. The molecule has 26 heavy (non-hydrogen) atoms. The van der Waals surface area contributed by atoms with Crippen LogP contribution in [0.25, 0.3) is 0 Å². The molecule has 0 aromatic heterocycles. The molecule has 0 aromatic carbocycles. The highest BCUT2D eigenvalue weighted by atomic mass is 14.2. The lowest BCUT2D eigenvalue weighted by Gasteiger charge is -2.17. The lowest BCUT2D eigenvalue weighted by Crippen LogP contribution is -2.05. The number of hydrogen-bond donors (Lipinski definition) is 0. The van der Waals surface area contributed by atoms with E-state index in [9.17, 15) is 0 Å². The van der Waals surface area contributed by atoms with Crippen LogP contribution in [-0.4, -0.2) is 0 Å². The van der Waals surface area contributed by atoms with Crippen LogP contribution < -0.4 is 0 Å². The molecular formula is C26H42. The summed E-state index contributed by atoms with van der Waals surface area (Å²) < 4.78 is 0. The molecule has 0 nitrogen and oxygen atoms in total. The SMILES string of the molecule is CC/C=C\CC(C)(C)/C=C/C=CC=CC(C)(C)C/C=C\C/C=C\CCC. The maximum Gasteiger partial charge on any atom is -0.0137 e. The van der Waals surface area contributed by atoms with Crippen LogP contribution in [0.2, 0.25) is 0 Å². The third-order valence-electron chi connectivity index (χ3n) is 4.18. The Labute approximate surface area is 164 Å². The molecule has 0 aromatic rings. The van der Waals surface area contributed by atoms with E-state index in [1.807, 2.05) is 0 Å². The van der Waals surface area contributed by atoms with Gasteiger partial charge >= 0.3 is 0 Å². The number of hydrogen-bond acceptors (Lipinski definition) is 0. The summed E-state index contributed by atoms with van der Waals surface area (Å²) in [5.74, 6) is 0. The zero-order valence-electron chi connectivity index (χ0n) is 18.2. The van der Waals surface area contributed by atoms with Crippen LogP contribution >= 0.6 is 0 Å². The maximum atomic E-state index is 2.30. The fraction of sp³-hybridized carbons (Fsp3) is 0.538. The summed E-state index contributed by atoms with van der Waals surface area (Å²) in [4.78, 5) is 0. The van der Waals surface area contributed by atoms with Crippen molar-refractivity contribution in [2.24, 2.45) is 10.8 Å². The molecule has 0 saturated heterocycles. The summed E-state index contributed by atoms with van der Waals surface area (Å²) in [5, 5.41) is 0. The van der Waals surface area contributed by atoms with Gasteiger partial charge in [-0.15, -0.1) is 0 Å². The zero-order valence-corrected chi connectivity index (χ0v) is 18.2. The van der Waals surface area contributed by atoms with Crippen LogP contribution in [0, 0.1) is 10.8 Å². The Morgan fingerprint density at radius 2 is 1.08 bits per heavy atom. The van der Waals surface area contributed by atoms with Gasteiger partial charge in [-0.2, -0.15) is 0 Å². The minimum absolute atomic E-state index is 0.196. The van der Waals surface area contributed by atoms with Gasteiger partial charge in [0.1, 0.15) is 0 Å². The second-order valence-corrected chi connectivity index (χ2v) is 8.34. The van der Waals surface area contributed by atoms with Gasteiger partial charge in [-0.25, -0.2) is 0 Å². The molecule has 0 N–H and O–H groups in total. The Bertz CT molecular complexity index is 504. The van der Waals surface area contributed by atoms with E-state index in [0.29, 0.717) is 0 Å². The Kier molecular flexibility index (Phi) is 13.7. The van der Waals surface area contributed by atoms with E-state index in [1.165, 1.54) is 12.8 Å². The summed E-state index contributed by atoms with van der Waals surface area (Å²) in [5.41, 5.74) is 0.414. The van der Waals surface area contributed by atoms with Gasteiger partial charge in [0, 0.05) is 0 Å². The molecule has 0 fully saturated rings. The Morgan fingerprint density at radius 1 is 0.577 bits per heavy atom. The average Bonchev–Trinajstić information content (AvgIpc) is 2.57. The molecule has 0 atom stereocenters. The standard InChI is InChI=1S/C26H42/c1-7-9-11-12-13-14-18-22-26(5,6)24-20-16-15-19-23-25(3,4)21-17-10-8-2/h10-12,14-20,23-24H,7-9,13,21-22H2,1-6H3/b12-11-,16-15?,17-10-,18-14-,23-19+,24-20?. The Morgan fingerprint density at radius 3 is 1.58 bits per heavy atom. The third-order valence-corrected chi connectivity index (χ3v) is 4.18. The predicted octanol–water partition coefficient (Wildman–Crippen LogP) is 8.76. The van der Waals surface area contributed by atoms with Crippen LogP contribution in [0.1, 0.15) is 80.1 Å². The van der Waals surface area contributed by atoms with E-state index in [-0.39, 0.29) is 10.8 Å². The highest BCUT2D eigenvalue weighted by Gasteiger charge is 2.11. The van der Waals surface area contributed by atoms with Gasteiger partial charge in [0.2, 0.25) is 0 Å². The molecule has 0 heteroatoms. The minimum atomic E-state index is 0.196. The minimum Gasteiger partial charge on any atom is -0.0888 e. The van der Waals surface area contributed by atoms with Crippen LogP contribution in [0.15, 0.2) is 72.9 Å². The van der Waals surface area contributed by atoms with Crippen LogP contribution in [0.4, 0.5) is 0 Å². The monoisotopic (exact) mass is 354 g/mol. The normalized spacial score (nSPS) is 14.5. The van der Waals surface area contributed by atoms with Crippen LogP contribution in [-0.2, 0) is 0 Å². The molecule has 0 bridgehead atoms. The summed E-state index contributed by atoms with van der Waals surface area (Å²) in [7, 11) is 0. The Balaban J connectivity index is 4.27. The van der Waals surface area contributed by atoms with Gasteiger partial charge < -0.3 is 0 Å². The van der Waals surface area contributed by atoms with E-state index in [2.05, 4.69) is 114 Å². The van der Waals surface area contributed by atoms with Crippen LogP contribution in [0.5, 0.6) is 0 Å². The van der Waals surface area contributed by atoms with Crippen molar-refractivity contribution < 1.29 is 0 Å². The van der Waals surface area contributed by atoms with Gasteiger partial charge in [0.25, 0.3) is 0 Å². The second kappa shape index (κ2) is 14.6. The molecule has 0 spiro atoms.